The number of ether oxygens (including phenoxy) is 1. The molecule has 0 aliphatic carbocycles. The second-order valence-electron chi connectivity index (χ2n) is 8.23. The van der Waals surface area contributed by atoms with E-state index < -0.39 is 0 Å². The molecule has 1 N–H and O–H groups in total. The van der Waals surface area contributed by atoms with Crippen molar-refractivity contribution < 1.29 is 4.74 Å². The van der Waals surface area contributed by atoms with E-state index in [1.807, 2.05) is 12.1 Å². The summed E-state index contributed by atoms with van der Waals surface area (Å²) in [5, 5.41) is 7.96. The first-order valence-electron chi connectivity index (χ1n) is 10.9. The Labute approximate surface area is 199 Å². The van der Waals surface area contributed by atoms with Crippen LogP contribution in [0, 0.1) is 5.92 Å². The van der Waals surface area contributed by atoms with Crippen LogP contribution in [0.1, 0.15) is 31.7 Å². The SMILES string of the molecule is O=c1c(Cl)c(NCC2CCCOC2)cnn1C1CCN(Sc2cccc3nsnc23)CC1. The van der Waals surface area contributed by atoms with Crippen molar-refractivity contribution in [1.82, 2.24) is 22.8 Å². The molecule has 0 amide bonds. The van der Waals surface area contributed by atoms with Gasteiger partial charge in [-0.3, -0.25) is 4.79 Å². The van der Waals surface area contributed by atoms with Crippen molar-refractivity contribution in [2.24, 2.45) is 5.92 Å². The first kappa shape index (κ1) is 22.1. The number of hydrogen-bond donors (Lipinski definition) is 1. The van der Waals surface area contributed by atoms with Crippen molar-refractivity contribution in [3.8, 4) is 0 Å². The lowest BCUT2D eigenvalue weighted by atomic mass is 10.0. The van der Waals surface area contributed by atoms with Crippen LogP contribution in [0.25, 0.3) is 11.0 Å². The van der Waals surface area contributed by atoms with Gasteiger partial charge in [0.2, 0.25) is 0 Å². The molecule has 2 aliphatic heterocycles. The Morgan fingerprint density at radius 2 is 2.12 bits per heavy atom. The largest absolute Gasteiger partial charge is 0.382 e. The van der Waals surface area contributed by atoms with Crippen LogP contribution in [0.2, 0.25) is 5.02 Å². The molecule has 8 nitrogen and oxygen atoms in total. The molecule has 0 saturated carbocycles. The smallest absolute Gasteiger partial charge is 0.287 e. The standard InChI is InChI=1S/C21H25ClN6O2S2/c22-19-17(23-11-14-3-2-10-30-13-14)12-24-28(21(19)29)15-6-8-27(9-7-15)31-18-5-1-4-16-20(18)26-32-25-16/h1,4-5,12,14-15,23H,2-3,6-11,13H2. The lowest BCUT2D eigenvalue weighted by Crippen LogP contribution is -2.36. The Morgan fingerprint density at radius 1 is 1.25 bits per heavy atom. The summed E-state index contributed by atoms with van der Waals surface area (Å²) in [4.78, 5) is 14.0. The molecule has 0 bridgehead atoms. The molecule has 2 aliphatic rings. The van der Waals surface area contributed by atoms with Gasteiger partial charge in [-0.1, -0.05) is 17.7 Å². The molecule has 2 aromatic heterocycles. The highest BCUT2D eigenvalue weighted by atomic mass is 35.5. The van der Waals surface area contributed by atoms with Crippen molar-refractivity contribution >= 4 is 52.0 Å². The molecular weight excluding hydrogens is 468 g/mol. The van der Waals surface area contributed by atoms with Crippen LogP contribution in [0.15, 0.2) is 34.1 Å². The summed E-state index contributed by atoms with van der Waals surface area (Å²) in [6, 6.07) is 6.13. The minimum atomic E-state index is -0.221. The summed E-state index contributed by atoms with van der Waals surface area (Å²) in [6.07, 6.45) is 5.57. The first-order chi connectivity index (χ1) is 15.7. The second kappa shape index (κ2) is 10.0. The van der Waals surface area contributed by atoms with E-state index in [-0.39, 0.29) is 16.6 Å². The van der Waals surface area contributed by atoms with Crippen LogP contribution in [-0.4, -0.2) is 55.7 Å². The molecule has 0 radical (unpaired) electrons. The Bertz CT molecular complexity index is 1120. The van der Waals surface area contributed by atoms with Gasteiger partial charge in [-0.25, -0.2) is 8.99 Å². The molecule has 32 heavy (non-hydrogen) atoms. The minimum absolute atomic E-state index is 0.0503. The van der Waals surface area contributed by atoms with Gasteiger partial charge in [0.1, 0.15) is 16.1 Å². The summed E-state index contributed by atoms with van der Waals surface area (Å²) < 4.78 is 18.1. The van der Waals surface area contributed by atoms with Crippen LogP contribution in [-0.2, 0) is 4.74 Å². The maximum Gasteiger partial charge on any atom is 0.287 e. The Hall–Kier alpha value is -1.72. The lowest BCUT2D eigenvalue weighted by Gasteiger charge is -2.31. The van der Waals surface area contributed by atoms with Gasteiger partial charge in [0.05, 0.1) is 41.2 Å². The molecule has 2 fully saturated rings. The third kappa shape index (κ3) is 4.79. The normalized spacial score (nSPS) is 20.6. The van der Waals surface area contributed by atoms with E-state index in [0.29, 0.717) is 11.6 Å². The number of hydrogen-bond acceptors (Lipinski definition) is 9. The van der Waals surface area contributed by atoms with Crippen LogP contribution in [0.4, 0.5) is 5.69 Å². The monoisotopic (exact) mass is 492 g/mol. The first-order valence-corrected chi connectivity index (χ1v) is 12.8. The topological polar surface area (TPSA) is 85.2 Å². The molecule has 3 aromatic rings. The van der Waals surface area contributed by atoms with Crippen LogP contribution >= 0.6 is 35.3 Å². The van der Waals surface area contributed by atoms with Crippen molar-refractivity contribution in [1.29, 1.82) is 0 Å². The number of rotatable bonds is 6. The second-order valence-corrected chi connectivity index (χ2v) is 10.3. The number of nitrogens with zero attached hydrogens (tertiary/aromatic N) is 5. The fraction of sp³-hybridized carbons (Fsp3) is 0.524. The van der Waals surface area contributed by atoms with E-state index in [4.69, 9.17) is 16.3 Å². The van der Waals surface area contributed by atoms with Gasteiger partial charge in [0.25, 0.3) is 5.56 Å². The molecule has 0 spiro atoms. The maximum atomic E-state index is 12.9. The molecule has 1 atom stereocenters. The zero-order valence-electron chi connectivity index (χ0n) is 17.6. The molecule has 11 heteroatoms. The highest BCUT2D eigenvalue weighted by molar-refractivity contribution is 7.97. The fourth-order valence-corrected chi connectivity index (χ4v) is 6.08. The molecule has 170 valence electrons. The quantitative estimate of drug-likeness (QED) is 0.515. The summed E-state index contributed by atoms with van der Waals surface area (Å²) in [5.74, 6) is 0.440. The number of nitrogens with one attached hydrogen (secondary N) is 1. The zero-order valence-corrected chi connectivity index (χ0v) is 20.0. The number of halogens is 1. The number of benzene rings is 1. The molecule has 5 rings (SSSR count). The van der Waals surface area contributed by atoms with Gasteiger partial charge in [-0.05, 0) is 55.7 Å². The van der Waals surface area contributed by atoms with Crippen molar-refractivity contribution in [2.75, 3.05) is 38.2 Å². The van der Waals surface area contributed by atoms with Crippen molar-refractivity contribution in [2.45, 2.75) is 36.6 Å². The fourth-order valence-electron chi connectivity index (χ4n) is 4.22. The average Bonchev–Trinajstić information content (AvgIpc) is 3.32. The van der Waals surface area contributed by atoms with E-state index in [2.05, 4.69) is 29.5 Å². The van der Waals surface area contributed by atoms with Crippen molar-refractivity contribution in [3.05, 3.63) is 39.8 Å². The summed E-state index contributed by atoms with van der Waals surface area (Å²) >= 11 is 9.37. The lowest BCUT2D eigenvalue weighted by molar-refractivity contribution is 0.0595. The van der Waals surface area contributed by atoms with E-state index in [0.717, 1.165) is 74.5 Å². The van der Waals surface area contributed by atoms with Crippen LogP contribution in [0.5, 0.6) is 0 Å². The Kier molecular flexibility index (Phi) is 6.94. The molecule has 2 saturated heterocycles. The predicted molar refractivity (Wildman–Crippen MR) is 129 cm³/mol. The number of piperidine rings is 1. The Balaban J connectivity index is 1.20. The zero-order chi connectivity index (χ0) is 21.9. The summed E-state index contributed by atoms with van der Waals surface area (Å²) in [5.41, 5.74) is 2.28. The van der Waals surface area contributed by atoms with E-state index in [9.17, 15) is 4.79 Å². The van der Waals surface area contributed by atoms with Crippen LogP contribution in [0.3, 0.4) is 0 Å². The van der Waals surface area contributed by atoms with Gasteiger partial charge in [-0.2, -0.15) is 13.8 Å². The van der Waals surface area contributed by atoms with Crippen LogP contribution < -0.4 is 10.9 Å². The minimum Gasteiger partial charge on any atom is -0.382 e. The van der Waals surface area contributed by atoms with Gasteiger partial charge < -0.3 is 10.1 Å². The average molecular weight is 493 g/mol. The highest BCUT2D eigenvalue weighted by Gasteiger charge is 2.25. The summed E-state index contributed by atoms with van der Waals surface area (Å²) in [6.45, 7) is 4.04. The van der Waals surface area contributed by atoms with Gasteiger partial charge in [0.15, 0.2) is 0 Å². The molecule has 1 aromatic carbocycles. The van der Waals surface area contributed by atoms with E-state index in [1.54, 1.807) is 22.8 Å². The van der Waals surface area contributed by atoms with E-state index in [1.165, 1.54) is 11.7 Å². The third-order valence-corrected chi connectivity index (χ3v) is 8.08. The third-order valence-electron chi connectivity index (χ3n) is 6.03. The molecule has 4 heterocycles. The number of aromatic nitrogens is 4. The van der Waals surface area contributed by atoms with Gasteiger partial charge in [-0.15, -0.1) is 0 Å². The highest BCUT2D eigenvalue weighted by Crippen LogP contribution is 2.33. The number of anilines is 1. The predicted octanol–water partition coefficient (Wildman–Crippen LogP) is 4.08. The Morgan fingerprint density at radius 3 is 2.94 bits per heavy atom. The number of fused-ring (bicyclic) bond motifs is 1. The summed E-state index contributed by atoms with van der Waals surface area (Å²) in [7, 11) is 0. The van der Waals surface area contributed by atoms with E-state index >= 15 is 0 Å². The van der Waals surface area contributed by atoms with Gasteiger partial charge in [0, 0.05) is 26.2 Å². The van der Waals surface area contributed by atoms with Crippen molar-refractivity contribution in [3.63, 3.8) is 0 Å². The maximum absolute atomic E-state index is 12.9. The molecule has 1 unspecified atom stereocenters. The van der Waals surface area contributed by atoms with Gasteiger partial charge >= 0.3 is 0 Å². The molecular formula is C21H25ClN6O2S2.